The van der Waals surface area contributed by atoms with Crippen LogP contribution in [0.4, 0.5) is 5.69 Å². The quantitative estimate of drug-likeness (QED) is 0.197. The Morgan fingerprint density at radius 1 is 1.00 bits per heavy atom. The first-order valence-corrected chi connectivity index (χ1v) is 10.5. The average molecular weight is 464 g/mol. The van der Waals surface area contributed by atoms with Gasteiger partial charge in [-0.25, -0.2) is 14.7 Å². The molecule has 0 fully saturated rings. The minimum Gasteiger partial charge on any atom is -0.507 e. The van der Waals surface area contributed by atoms with Gasteiger partial charge in [0.25, 0.3) is 11.8 Å². The zero-order valence-corrected chi connectivity index (χ0v) is 18.1. The van der Waals surface area contributed by atoms with Crippen molar-refractivity contribution in [3.05, 3.63) is 101 Å². The second kappa shape index (κ2) is 8.61. The van der Waals surface area contributed by atoms with Gasteiger partial charge in [0.1, 0.15) is 18.2 Å². The van der Waals surface area contributed by atoms with Crippen molar-refractivity contribution < 1.29 is 24.2 Å². The molecule has 2 N–H and O–H groups in total. The molecular formula is C26H16N4O5. The van der Waals surface area contributed by atoms with Crippen LogP contribution in [-0.2, 0) is 4.74 Å². The van der Waals surface area contributed by atoms with Gasteiger partial charge in [-0.05, 0) is 42.5 Å². The Morgan fingerprint density at radius 3 is 2.37 bits per heavy atom. The molecule has 0 bridgehead atoms. The van der Waals surface area contributed by atoms with Crippen molar-refractivity contribution in [3.8, 4) is 6.07 Å². The van der Waals surface area contributed by atoms with Crippen LogP contribution in [0.5, 0.6) is 0 Å². The molecule has 170 valence electrons. The minimum atomic E-state index is -0.808. The van der Waals surface area contributed by atoms with E-state index in [2.05, 4.69) is 9.97 Å². The lowest BCUT2D eigenvalue weighted by Gasteiger charge is -2.15. The first-order valence-electron chi connectivity index (χ1n) is 10.5. The van der Waals surface area contributed by atoms with E-state index in [-0.39, 0.29) is 33.8 Å². The number of aliphatic hydroxyl groups is 1. The Balaban J connectivity index is 1.34. The van der Waals surface area contributed by atoms with E-state index in [9.17, 15) is 24.8 Å². The summed E-state index contributed by atoms with van der Waals surface area (Å²) in [4.78, 5) is 46.3. The van der Waals surface area contributed by atoms with Gasteiger partial charge in [-0.15, -0.1) is 0 Å². The van der Waals surface area contributed by atoms with Crippen molar-refractivity contribution in [2.45, 2.75) is 0 Å². The van der Waals surface area contributed by atoms with Gasteiger partial charge >= 0.3 is 5.97 Å². The first kappa shape index (κ1) is 21.6. The number of aromatic amines is 1. The number of aromatic nitrogens is 2. The fourth-order valence-electron chi connectivity index (χ4n) is 3.81. The van der Waals surface area contributed by atoms with Crippen LogP contribution in [-0.4, -0.2) is 39.5 Å². The number of H-pyrrole nitrogens is 1. The summed E-state index contributed by atoms with van der Waals surface area (Å²) in [6.45, 7) is -0.573. The lowest BCUT2D eigenvalue weighted by molar-refractivity contribution is 0.0502. The predicted molar refractivity (Wildman–Crippen MR) is 126 cm³/mol. The molecule has 3 aromatic carbocycles. The number of aliphatic hydroxyl groups excluding tert-OH is 1. The highest BCUT2D eigenvalue weighted by atomic mass is 16.5. The third-order valence-corrected chi connectivity index (χ3v) is 5.50. The van der Waals surface area contributed by atoms with E-state index in [1.165, 1.54) is 24.3 Å². The Hall–Kier alpha value is -5.23. The molecular weight excluding hydrogens is 448 g/mol. The van der Waals surface area contributed by atoms with Crippen molar-refractivity contribution in [2.75, 3.05) is 11.5 Å². The van der Waals surface area contributed by atoms with Crippen molar-refractivity contribution in [1.29, 1.82) is 5.26 Å². The van der Waals surface area contributed by atoms with Gasteiger partial charge in [-0.1, -0.05) is 30.3 Å². The molecule has 2 heterocycles. The zero-order chi connectivity index (χ0) is 24.5. The molecule has 1 aliphatic heterocycles. The molecule has 1 aromatic heterocycles. The highest BCUT2D eigenvalue weighted by Crippen LogP contribution is 2.29. The number of imidazole rings is 1. The number of nitrogens with zero attached hydrogens (tertiary/aromatic N) is 3. The number of anilines is 1. The number of carbonyl (C=O) groups excluding carboxylic acids is 3. The number of nitriles is 1. The number of benzene rings is 3. The molecule has 9 heteroatoms. The van der Waals surface area contributed by atoms with Crippen LogP contribution in [0.15, 0.2) is 78.6 Å². The Morgan fingerprint density at radius 2 is 1.69 bits per heavy atom. The number of hydrogen-bond acceptors (Lipinski definition) is 7. The molecule has 0 saturated carbocycles. The first-order chi connectivity index (χ1) is 17.0. The number of amides is 2. The summed E-state index contributed by atoms with van der Waals surface area (Å²) in [7, 11) is 0. The fraction of sp³-hybridized carbons (Fsp3) is 0.0385. The lowest BCUT2D eigenvalue weighted by atomic mass is 10.1. The van der Waals surface area contributed by atoms with E-state index in [1.807, 2.05) is 6.07 Å². The molecule has 1 aliphatic rings. The molecule has 35 heavy (non-hydrogen) atoms. The standard InChI is InChI=1S/C26H16N4O5/c27-13-19(23-28-20-10-3-4-11-21(20)29-23)22(31)14-35-26(34)15-6-5-7-16(12-15)30-24(32)17-8-1-2-9-18(17)25(30)33/h1-12,31H,14H2,(H,28,29). The van der Waals surface area contributed by atoms with Crippen molar-refractivity contribution >= 4 is 40.1 Å². The molecule has 0 saturated heterocycles. The monoisotopic (exact) mass is 464 g/mol. The number of allylic oxidation sites excluding steroid dienone is 1. The summed E-state index contributed by atoms with van der Waals surface area (Å²) in [5.74, 6) is -2.11. The second-order valence-corrected chi connectivity index (χ2v) is 7.65. The largest absolute Gasteiger partial charge is 0.507 e. The second-order valence-electron chi connectivity index (χ2n) is 7.65. The number of fused-ring (bicyclic) bond motifs is 2. The van der Waals surface area contributed by atoms with E-state index >= 15 is 0 Å². The van der Waals surface area contributed by atoms with Crippen molar-refractivity contribution in [3.63, 3.8) is 0 Å². The van der Waals surface area contributed by atoms with Gasteiger partial charge in [-0.3, -0.25) is 9.59 Å². The van der Waals surface area contributed by atoms with Crippen LogP contribution >= 0.6 is 0 Å². The van der Waals surface area contributed by atoms with Gasteiger partial charge in [0.05, 0.1) is 33.4 Å². The molecule has 9 nitrogen and oxygen atoms in total. The van der Waals surface area contributed by atoms with E-state index in [4.69, 9.17) is 4.74 Å². The number of hydrogen-bond donors (Lipinski definition) is 2. The number of esters is 1. The highest BCUT2D eigenvalue weighted by molar-refractivity contribution is 6.34. The third-order valence-electron chi connectivity index (χ3n) is 5.50. The highest BCUT2D eigenvalue weighted by Gasteiger charge is 2.36. The number of nitrogens with one attached hydrogen (secondary N) is 1. The predicted octanol–water partition coefficient (Wildman–Crippen LogP) is 4.01. The maximum absolute atomic E-state index is 12.7. The molecule has 4 aromatic rings. The number of carbonyl (C=O) groups is 3. The maximum Gasteiger partial charge on any atom is 0.338 e. The smallest absolute Gasteiger partial charge is 0.338 e. The van der Waals surface area contributed by atoms with E-state index in [0.29, 0.717) is 11.0 Å². The molecule has 0 atom stereocenters. The maximum atomic E-state index is 12.7. The third kappa shape index (κ3) is 3.79. The summed E-state index contributed by atoms with van der Waals surface area (Å²) >= 11 is 0. The summed E-state index contributed by atoms with van der Waals surface area (Å²) in [5, 5.41) is 19.9. The van der Waals surface area contributed by atoms with E-state index in [0.717, 1.165) is 4.90 Å². The normalized spacial score (nSPS) is 13.4. The summed E-state index contributed by atoms with van der Waals surface area (Å²) in [6.07, 6.45) is 0. The molecule has 0 spiro atoms. The average Bonchev–Trinajstić information content (AvgIpc) is 3.42. The SMILES string of the molecule is N#CC(=C(O)COC(=O)c1cccc(N2C(=O)c3ccccc3C2=O)c1)c1nc2ccccc2[nH]1. The number of para-hydroxylation sites is 2. The Kier molecular flexibility index (Phi) is 5.31. The molecule has 0 aliphatic carbocycles. The lowest BCUT2D eigenvalue weighted by Crippen LogP contribution is -2.29. The van der Waals surface area contributed by atoms with Crippen molar-refractivity contribution in [1.82, 2.24) is 9.97 Å². The van der Waals surface area contributed by atoms with Crippen molar-refractivity contribution in [2.24, 2.45) is 0 Å². The Bertz CT molecular complexity index is 1530. The number of imide groups is 1. The Labute approximate surface area is 198 Å². The van der Waals surface area contributed by atoms with Crippen LogP contribution in [0.1, 0.15) is 36.9 Å². The van der Waals surface area contributed by atoms with Gasteiger partial charge in [0.2, 0.25) is 0 Å². The van der Waals surface area contributed by atoms with Crippen LogP contribution in [0.25, 0.3) is 16.6 Å². The van der Waals surface area contributed by atoms with Crippen LogP contribution in [0, 0.1) is 11.3 Å². The molecule has 5 rings (SSSR count). The van der Waals surface area contributed by atoms with E-state index < -0.39 is 30.1 Å². The van der Waals surface area contributed by atoms with Crippen LogP contribution < -0.4 is 4.90 Å². The summed E-state index contributed by atoms with van der Waals surface area (Å²) < 4.78 is 5.17. The fourth-order valence-corrected chi connectivity index (χ4v) is 3.81. The zero-order valence-electron chi connectivity index (χ0n) is 18.1. The summed E-state index contributed by atoms with van der Waals surface area (Å²) in [6, 6.07) is 21.3. The molecule has 2 amide bonds. The number of rotatable bonds is 5. The summed E-state index contributed by atoms with van der Waals surface area (Å²) in [5.41, 5.74) is 1.99. The van der Waals surface area contributed by atoms with Crippen LogP contribution in [0.3, 0.4) is 0 Å². The molecule has 0 radical (unpaired) electrons. The molecule has 0 unspecified atom stereocenters. The van der Waals surface area contributed by atoms with Crippen LogP contribution in [0.2, 0.25) is 0 Å². The number of ether oxygens (including phenoxy) is 1. The van der Waals surface area contributed by atoms with Gasteiger partial charge < -0.3 is 14.8 Å². The minimum absolute atomic E-state index is 0.0640. The van der Waals surface area contributed by atoms with Gasteiger partial charge in [0.15, 0.2) is 11.6 Å². The van der Waals surface area contributed by atoms with Gasteiger partial charge in [-0.2, -0.15) is 5.26 Å². The topological polar surface area (TPSA) is 136 Å². The van der Waals surface area contributed by atoms with Gasteiger partial charge in [0, 0.05) is 0 Å². The van der Waals surface area contributed by atoms with E-state index in [1.54, 1.807) is 48.5 Å².